The molecule has 0 saturated heterocycles. The molecule has 0 unspecified atom stereocenters. The average Bonchev–Trinajstić information content (AvgIpc) is 3.13. The van der Waals surface area contributed by atoms with Crippen molar-refractivity contribution in [3.05, 3.63) is 71.9 Å². The van der Waals surface area contributed by atoms with Crippen LogP contribution in [0.25, 0.3) is 10.9 Å². The van der Waals surface area contributed by atoms with E-state index in [1.54, 1.807) is 6.20 Å². The van der Waals surface area contributed by atoms with Crippen LogP contribution in [0.1, 0.15) is 11.1 Å². The van der Waals surface area contributed by atoms with Gasteiger partial charge in [-0.25, -0.2) is 4.79 Å². The van der Waals surface area contributed by atoms with Gasteiger partial charge < -0.3 is 25.5 Å². The van der Waals surface area contributed by atoms with E-state index in [9.17, 15) is 14.4 Å². The molecule has 2 aromatic carbocycles. The highest BCUT2D eigenvalue weighted by molar-refractivity contribution is 5.89. The van der Waals surface area contributed by atoms with Crippen molar-refractivity contribution in [3.63, 3.8) is 0 Å². The number of ether oxygens (including phenoxy) is 1. The number of benzene rings is 2. The second kappa shape index (κ2) is 9.41. The molecule has 8 heteroatoms. The number of carbonyl (C=O) groups is 3. The second-order valence-corrected chi connectivity index (χ2v) is 6.43. The summed E-state index contributed by atoms with van der Waals surface area (Å²) in [5.41, 5.74) is 2.53. The third-order valence-corrected chi connectivity index (χ3v) is 4.33. The zero-order chi connectivity index (χ0) is 20.6. The van der Waals surface area contributed by atoms with Gasteiger partial charge >= 0.3 is 12.1 Å². The third-order valence-electron chi connectivity index (χ3n) is 4.33. The fraction of sp³-hybridized carbons (Fsp3) is 0.190. The molecule has 150 valence electrons. The van der Waals surface area contributed by atoms with E-state index in [1.165, 1.54) is 0 Å². The monoisotopic (exact) mass is 395 g/mol. The summed E-state index contributed by atoms with van der Waals surface area (Å²) in [5, 5.41) is 14.6. The van der Waals surface area contributed by atoms with Crippen molar-refractivity contribution in [2.24, 2.45) is 0 Å². The average molecular weight is 395 g/mol. The Morgan fingerprint density at radius 1 is 1.03 bits per heavy atom. The number of carbonyl (C=O) groups excluding carboxylic acids is 2. The molecule has 0 bridgehead atoms. The lowest BCUT2D eigenvalue weighted by Crippen LogP contribution is -2.49. The van der Waals surface area contributed by atoms with Gasteiger partial charge in [-0.2, -0.15) is 0 Å². The Morgan fingerprint density at radius 2 is 1.76 bits per heavy atom. The van der Waals surface area contributed by atoms with Crippen molar-refractivity contribution < 1.29 is 24.2 Å². The Labute approximate surface area is 166 Å². The Hall–Kier alpha value is -3.81. The third kappa shape index (κ3) is 5.58. The van der Waals surface area contributed by atoms with Crippen LogP contribution in [-0.4, -0.2) is 40.6 Å². The normalized spacial score (nSPS) is 11.6. The number of alkyl carbamates (subject to hydrolysis) is 1. The highest BCUT2D eigenvalue weighted by Crippen LogP contribution is 2.19. The number of nitrogens with one attached hydrogen (secondary N) is 3. The lowest BCUT2D eigenvalue weighted by atomic mass is 10.0. The number of hydrogen-bond donors (Lipinski definition) is 4. The molecule has 0 fully saturated rings. The van der Waals surface area contributed by atoms with E-state index < -0.39 is 30.6 Å². The van der Waals surface area contributed by atoms with Gasteiger partial charge in [-0.15, -0.1) is 0 Å². The van der Waals surface area contributed by atoms with Crippen molar-refractivity contribution in [3.8, 4) is 0 Å². The molecule has 29 heavy (non-hydrogen) atoms. The first-order chi connectivity index (χ1) is 14.0. The van der Waals surface area contributed by atoms with Crippen LogP contribution < -0.4 is 10.6 Å². The van der Waals surface area contributed by atoms with Crippen molar-refractivity contribution in [2.45, 2.75) is 19.1 Å². The summed E-state index contributed by atoms with van der Waals surface area (Å²) < 4.78 is 5.19. The fourth-order valence-electron chi connectivity index (χ4n) is 2.92. The molecule has 3 rings (SSSR count). The molecule has 0 aliphatic heterocycles. The molecule has 8 nitrogen and oxygen atoms in total. The molecular weight excluding hydrogens is 374 g/mol. The van der Waals surface area contributed by atoms with Crippen LogP contribution in [0, 0.1) is 0 Å². The summed E-state index contributed by atoms with van der Waals surface area (Å²) in [7, 11) is 0. The fourth-order valence-corrected chi connectivity index (χ4v) is 2.92. The number of carboxylic acids is 1. The molecule has 4 N–H and O–H groups in total. The minimum absolute atomic E-state index is 0.0588. The number of aromatic amines is 1. The van der Waals surface area contributed by atoms with Gasteiger partial charge in [0.05, 0.1) is 0 Å². The molecule has 1 heterocycles. The zero-order valence-electron chi connectivity index (χ0n) is 15.6. The standard InChI is InChI=1S/C21H21N3O5/c25-19(26)12-23-20(27)18(10-15-11-22-17-9-5-4-8-16(15)17)24-21(28)29-13-14-6-2-1-3-7-14/h1-9,11,18,22H,10,12-13H2,(H,23,27)(H,24,28)(H,25,26)/t18-/m1/s1. The van der Waals surface area contributed by atoms with E-state index in [0.29, 0.717) is 0 Å². The molecule has 0 spiro atoms. The Balaban J connectivity index is 1.69. The maximum Gasteiger partial charge on any atom is 0.408 e. The predicted molar refractivity (Wildman–Crippen MR) is 106 cm³/mol. The molecule has 1 atom stereocenters. The Bertz CT molecular complexity index is 1000. The minimum atomic E-state index is -1.17. The maximum absolute atomic E-state index is 12.5. The van der Waals surface area contributed by atoms with Crippen LogP contribution in [0.4, 0.5) is 4.79 Å². The minimum Gasteiger partial charge on any atom is -0.480 e. The number of hydrogen-bond acceptors (Lipinski definition) is 4. The van der Waals surface area contributed by atoms with Crippen molar-refractivity contribution >= 4 is 28.9 Å². The number of para-hydroxylation sites is 1. The van der Waals surface area contributed by atoms with Crippen LogP contribution >= 0.6 is 0 Å². The van der Waals surface area contributed by atoms with Gasteiger partial charge in [-0.1, -0.05) is 48.5 Å². The smallest absolute Gasteiger partial charge is 0.408 e. The highest BCUT2D eigenvalue weighted by atomic mass is 16.5. The summed E-state index contributed by atoms with van der Waals surface area (Å²) in [5.74, 6) is -1.77. The Morgan fingerprint density at radius 3 is 2.52 bits per heavy atom. The van der Waals surface area contributed by atoms with Gasteiger partial charge in [0.1, 0.15) is 19.2 Å². The maximum atomic E-state index is 12.5. The molecular formula is C21H21N3O5. The van der Waals surface area contributed by atoms with Crippen molar-refractivity contribution in [1.29, 1.82) is 0 Å². The zero-order valence-corrected chi connectivity index (χ0v) is 15.6. The SMILES string of the molecule is O=C(O)CNC(=O)[C@@H](Cc1c[nH]c2ccccc12)NC(=O)OCc1ccccc1. The van der Waals surface area contributed by atoms with E-state index in [0.717, 1.165) is 22.0 Å². The van der Waals surface area contributed by atoms with Gasteiger partial charge in [0, 0.05) is 23.5 Å². The van der Waals surface area contributed by atoms with Gasteiger partial charge in [0.2, 0.25) is 5.91 Å². The Kier molecular flexibility index (Phi) is 6.47. The van der Waals surface area contributed by atoms with Crippen molar-refractivity contribution in [1.82, 2.24) is 15.6 Å². The van der Waals surface area contributed by atoms with E-state index in [4.69, 9.17) is 9.84 Å². The van der Waals surface area contributed by atoms with Crippen LogP contribution in [0.15, 0.2) is 60.8 Å². The number of H-pyrrole nitrogens is 1. The van der Waals surface area contributed by atoms with E-state index in [2.05, 4.69) is 15.6 Å². The van der Waals surface area contributed by atoms with Crippen LogP contribution in [0.2, 0.25) is 0 Å². The number of amides is 2. The first-order valence-corrected chi connectivity index (χ1v) is 9.04. The van der Waals surface area contributed by atoms with E-state index >= 15 is 0 Å². The number of fused-ring (bicyclic) bond motifs is 1. The van der Waals surface area contributed by atoms with Crippen LogP contribution in [0.5, 0.6) is 0 Å². The van der Waals surface area contributed by atoms with Gasteiger partial charge in [0.15, 0.2) is 0 Å². The number of rotatable bonds is 8. The largest absolute Gasteiger partial charge is 0.480 e. The molecule has 2 amide bonds. The highest BCUT2D eigenvalue weighted by Gasteiger charge is 2.23. The van der Waals surface area contributed by atoms with E-state index in [1.807, 2.05) is 54.6 Å². The summed E-state index contributed by atoms with van der Waals surface area (Å²) in [6.07, 6.45) is 1.18. The summed E-state index contributed by atoms with van der Waals surface area (Å²) in [6, 6.07) is 15.7. The lowest BCUT2D eigenvalue weighted by molar-refractivity contribution is -0.138. The topological polar surface area (TPSA) is 121 Å². The quantitative estimate of drug-likeness (QED) is 0.466. The summed E-state index contributed by atoms with van der Waals surface area (Å²) in [6.45, 7) is -0.479. The van der Waals surface area contributed by atoms with Crippen LogP contribution in [0.3, 0.4) is 0 Å². The predicted octanol–water partition coefficient (Wildman–Crippen LogP) is 2.21. The number of aromatic nitrogens is 1. The van der Waals surface area contributed by atoms with Gasteiger partial charge in [0.25, 0.3) is 0 Å². The molecule has 0 saturated carbocycles. The molecule has 0 radical (unpaired) electrons. The number of carboxylic acid groups (broad SMARTS) is 1. The van der Waals surface area contributed by atoms with Crippen LogP contribution in [-0.2, 0) is 27.4 Å². The summed E-state index contributed by atoms with van der Waals surface area (Å²) in [4.78, 5) is 38.6. The van der Waals surface area contributed by atoms with Crippen molar-refractivity contribution in [2.75, 3.05) is 6.54 Å². The molecule has 0 aliphatic carbocycles. The summed E-state index contributed by atoms with van der Waals surface area (Å²) >= 11 is 0. The lowest BCUT2D eigenvalue weighted by Gasteiger charge is -2.18. The first-order valence-electron chi connectivity index (χ1n) is 9.04. The van der Waals surface area contributed by atoms with Gasteiger partial charge in [-0.3, -0.25) is 9.59 Å². The number of aliphatic carboxylic acids is 1. The molecule has 3 aromatic rings. The molecule has 0 aliphatic rings. The second-order valence-electron chi connectivity index (χ2n) is 6.43. The van der Waals surface area contributed by atoms with Gasteiger partial charge in [-0.05, 0) is 17.2 Å². The van der Waals surface area contributed by atoms with E-state index in [-0.39, 0.29) is 13.0 Å². The first kappa shape index (κ1) is 19.9. The molecule has 1 aromatic heterocycles.